The molecule has 0 N–H and O–H groups in total. The van der Waals surface area contributed by atoms with Crippen LogP contribution in [-0.2, 0) is 9.53 Å². The first-order valence-electron chi connectivity index (χ1n) is 7.71. The molecule has 1 aromatic heterocycles. The van der Waals surface area contributed by atoms with Crippen molar-refractivity contribution < 1.29 is 9.53 Å². The minimum absolute atomic E-state index is 0.138. The van der Waals surface area contributed by atoms with Crippen LogP contribution in [0, 0.1) is 0 Å². The summed E-state index contributed by atoms with van der Waals surface area (Å²) in [7, 11) is 1.88. The molecule has 0 aromatic carbocycles. The molecule has 1 aliphatic heterocycles. The lowest BCUT2D eigenvalue weighted by molar-refractivity contribution is -0.133. The summed E-state index contributed by atoms with van der Waals surface area (Å²) in [6, 6.07) is -0.184. The van der Waals surface area contributed by atoms with Gasteiger partial charge in [0.1, 0.15) is 6.04 Å². The maximum absolute atomic E-state index is 12.3. The number of imidazole rings is 1. The van der Waals surface area contributed by atoms with Crippen molar-refractivity contribution in [1.82, 2.24) is 19.4 Å². The highest BCUT2D eigenvalue weighted by Crippen LogP contribution is 2.09. The lowest BCUT2D eigenvalue weighted by Crippen LogP contribution is -2.37. The van der Waals surface area contributed by atoms with E-state index in [0.717, 1.165) is 52.2 Å². The molecule has 2 rings (SSSR count). The Morgan fingerprint density at radius 2 is 2.14 bits per heavy atom. The summed E-state index contributed by atoms with van der Waals surface area (Å²) in [5, 5.41) is 0. The Labute approximate surface area is 126 Å². The van der Waals surface area contributed by atoms with Gasteiger partial charge >= 0.3 is 0 Å². The monoisotopic (exact) mass is 294 g/mol. The fourth-order valence-corrected chi connectivity index (χ4v) is 2.56. The zero-order chi connectivity index (χ0) is 15.1. The zero-order valence-electron chi connectivity index (χ0n) is 13.1. The van der Waals surface area contributed by atoms with Crippen LogP contribution in [0.5, 0.6) is 0 Å². The molecule has 6 nitrogen and oxygen atoms in total. The largest absolute Gasteiger partial charge is 0.379 e. The molecular weight excluding hydrogens is 268 g/mol. The van der Waals surface area contributed by atoms with Gasteiger partial charge in [0.2, 0.25) is 5.91 Å². The Balaban J connectivity index is 1.64. The summed E-state index contributed by atoms with van der Waals surface area (Å²) in [4.78, 5) is 20.5. The van der Waals surface area contributed by atoms with Crippen LogP contribution >= 0.6 is 0 Å². The molecule has 2 heterocycles. The molecule has 21 heavy (non-hydrogen) atoms. The third-order valence-electron chi connectivity index (χ3n) is 4.03. The minimum atomic E-state index is -0.184. The summed E-state index contributed by atoms with van der Waals surface area (Å²) in [6.45, 7) is 7.58. The van der Waals surface area contributed by atoms with Gasteiger partial charge in [-0.15, -0.1) is 0 Å². The topological polar surface area (TPSA) is 50.6 Å². The van der Waals surface area contributed by atoms with Gasteiger partial charge in [0.05, 0.1) is 19.5 Å². The van der Waals surface area contributed by atoms with Gasteiger partial charge in [-0.2, -0.15) is 0 Å². The van der Waals surface area contributed by atoms with E-state index in [1.165, 1.54) is 0 Å². The average Bonchev–Trinajstić information content (AvgIpc) is 3.05. The minimum Gasteiger partial charge on any atom is -0.379 e. The Morgan fingerprint density at radius 1 is 1.38 bits per heavy atom. The van der Waals surface area contributed by atoms with Crippen molar-refractivity contribution in [2.75, 3.05) is 46.4 Å². The van der Waals surface area contributed by atoms with Gasteiger partial charge < -0.3 is 14.2 Å². The summed E-state index contributed by atoms with van der Waals surface area (Å²) >= 11 is 0. The highest BCUT2D eigenvalue weighted by molar-refractivity contribution is 5.79. The van der Waals surface area contributed by atoms with E-state index < -0.39 is 0 Å². The molecule has 1 aliphatic rings. The Hall–Kier alpha value is -1.40. The fraction of sp³-hybridized carbons (Fsp3) is 0.733. The summed E-state index contributed by atoms with van der Waals surface area (Å²) in [5.74, 6) is 0.138. The second-order valence-corrected chi connectivity index (χ2v) is 5.61. The number of unbranched alkanes of at least 4 members (excludes halogenated alkanes) is 1. The van der Waals surface area contributed by atoms with Crippen molar-refractivity contribution in [3.63, 3.8) is 0 Å². The van der Waals surface area contributed by atoms with Gasteiger partial charge in [-0.25, -0.2) is 4.98 Å². The summed E-state index contributed by atoms with van der Waals surface area (Å²) in [5.41, 5.74) is 0. The molecular formula is C15H26N4O2. The first kappa shape index (κ1) is 16.0. The number of nitrogens with zero attached hydrogens (tertiary/aromatic N) is 4. The predicted octanol–water partition coefficient (Wildman–Crippen LogP) is 1.01. The number of ether oxygens (including phenoxy) is 1. The highest BCUT2D eigenvalue weighted by Gasteiger charge is 2.18. The molecule has 1 aromatic rings. The number of carbonyl (C=O) groups is 1. The standard InChI is InChI=1S/C15H26N4O2/c1-14(19-8-5-16-13-19)15(20)17(2)6-3-4-7-18-9-11-21-12-10-18/h5,8,13-14H,3-4,6-7,9-12H2,1-2H3/t14-/m1/s1. The van der Waals surface area contributed by atoms with Crippen LogP contribution in [0.3, 0.4) is 0 Å². The fourth-order valence-electron chi connectivity index (χ4n) is 2.56. The van der Waals surface area contributed by atoms with Crippen LogP contribution in [0.15, 0.2) is 18.7 Å². The molecule has 0 spiro atoms. The SMILES string of the molecule is C[C@H](C(=O)N(C)CCCCN1CCOCC1)n1ccnc1. The van der Waals surface area contributed by atoms with Crippen LogP contribution in [0.2, 0.25) is 0 Å². The van der Waals surface area contributed by atoms with E-state index in [4.69, 9.17) is 4.74 Å². The van der Waals surface area contributed by atoms with Gasteiger partial charge in [0, 0.05) is 39.1 Å². The van der Waals surface area contributed by atoms with Gasteiger partial charge in [0.15, 0.2) is 0 Å². The highest BCUT2D eigenvalue weighted by atomic mass is 16.5. The van der Waals surface area contributed by atoms with Gasteiger partial charge in [-0.1, -0.05) is 0 Å². The van der Waals surface area contributed by atoms with Crippen molar-refractivity contribution in [2.24, 2.45) is 0 Å². The number of carbonyl (C=O) groups excluding carboxylic acids is 1. The average molecular weight is 294 g/mol. The summed E-state index contributed by atoms with van der Waals surface area (Å²) in [6.07, 6.45) is 7.38. The number of rotatable bonds is 7. The molecule has 0 bridgehead atoms. The van der Waals surface area contributed by atoms with Crippen molar-refractivity contribution in [3.8, 4) is 0 Å². The van der Waals surface area contributed by atoms with E-state index in [9.17, 15) is 4.79 Å². The lowest BCUT2D eigenvalue weighted by atomic mass is 10.2. The number of hydrogen-bond donors (Lipinski definition) is 0. The van der Waals surface area contributed by atoms with E-state index in [0.29, 0.717) is 0 Å². The van der Waals surface area contributed by atoms with Gasteiger partial charge in [-0.05, 0) is 26.3 Å². The number of likely N-dealkylation sites (N-methyl/N-ethyl adjacent to an activating group) is 1. The smallest absolute Gasteiger partial charge is 0.245 e. The lowest BCUT2D eigenvalue weighted by Gasteiger charge is -2.27. The second-order valence-electron chi connectivity index (χ2n) is 5.61. The third-order valence-corrected chi connectivity index (χ3v) is 4.03. The van der Waals surface area contributed by atoms with Gasteiger partial charge in [-0.3, -0.25) is 9.69 Å². The predicted molar refractivity (Wildman–Crippen MR) is 81.1 cm³/mol. The molecule has 0 saturated carbocycles. The molecule has 0 unspecified atom stereocenters. The molecule has 118 valence electrons. The third kappa shape index (κ3) is 4.82. The normalized spacial score (nSPS) is 17.6. The molecule has 0 radical (unpaired) electrons. The molecule has 1 amide bonds. The molecule has 1 fully saturated rings. The van der Waals surface area contributed by atoms with Crippen molar-refractivity contribution >= 4 is 5.91 Å². The first-order chi connectivity index (χ1) is 10.2. The van der Waals surface area contributed by atoms with Crippen LogP contribution in [0.1, 0.15) is 25.8 Å². The number of hydrogen-bond acceptors (Lipinski definition) is 4. The van der Waals surface area contributed by atoms with E-state index in [1.807, 2.05) is 29.6 Å². The maximum atomic E-state index is 12.3. The Bertz CT molecular complexity index is 415. The maximum Gasteiger partial charge on any atom is 0.245 e. The van der Waals surface area contributed by atoms with E-state index in [-0.39, 0.29) is 11.9 Å². The zero-order valence-corrected chi connectivity index (χ0v) is 13.1. The first-order valence-corrected chi connectivity index (χ1v) is 7.71. The second kappa shape index (κ2) is 8.14. The van der Waals surface area contributed by atoms with Crippen LogP contribution in [0.25, 0.3) is 0 Å². The Morgan fingerprint density at radius 3 is 2.81 bits per heavy atom. The van der Waals surface area contributed by atoms with Gasteiger partial charge in [0.25, 0.3) is 0 Å². The number of aromatic nitrogens is 2. The van der Waals surface area contributed by atoms with Crippen molar-refractivity contribution in [1.29, 1.82) is 0 Å². The van der Waals surface area contributed by atoms with Crippen LogP contribution in [0.4, 0.5) is 0 Å². The van der Waals surface area contributed by atoms with Crippen molar-refractivity contribution in [3.05, 3.63) is 18.7 Å². The number of morpholine rings is 1. The molecule has 1 saturated heterocycles. The molecule has 0 aliphatic carbocycles. The Kier molecular flexibility index (Phi) is 6.20. The van der Waals surface area contributed by atoms with E-state index in [1.54, 1.807) is 12.5 Å². The molecule has 1 atom stereocenters. The summed E-state index contributed by atoms with van der Waals surface area (Å²) < 4.78 is 7.18. The van der Waals surface area contributed by atoms with Crippen LogP contribution < -0.4 is 0 Å². The van der Waals surface area contributed by atoms with Crippen molar-refractivity contribution in [2.45, 2.75) is 25.8 Å². The number of amides is 1. The van der Waals surface area contributed by atoms with E-state index >= 15 is 0 Å². The van der Waals surface area contributed by atoms with E-state index in [2.05, 4.69) is 9.88 Å². The quantitative estimate of drug-likeness (QED) is 0.704. The molecule has 6 heteroatoms. The van der Waals surface area contributed by atoms with Crippen LogP contribution in [-0.4, -0.2) is 71.7 Å².